The second-order valence-corrected chi connectivity index (χ2v) is 7.85. The lowest BCUT2D eigenvalue weighted by Gasteiger charge is -2.30. The lowest BCUT2D eigenvalue weighted by molar-refractivity contribution is -0.136. The molecule has 2 fully saturated rings. The van der Waals surface area contributed by atoms with Gasteiger partial charge in [-0.1, -0.05) is 19.1 Å². The van der Waals surface area contributed by atoms with Gasteiger partial charge in [-0.3, -0.25) is 19.7 Å². The molecule has 0 spiro atoms. The molecule has 7 nitrogen and oxygen atoms in total. The molecule has 3 N–H and O–H groups in total. The third kappa shape index (κ3) is 3.61. The van der Waals surface area contributed by atoms with E-state index in [9.17, 15) is 14.4 Å². The molecular formula is C20H26N4O3. The van der Waals surface area contributed by atoms with Crippen LogP contribution in [-0.4, -0.2) is 47.8 Å². The first-order chi connectivity index (χ1) is 13.0. The van der Waals surface area contributed by atoms with Crippen molar-refractivity contribution in [3.63, 3.8) is 0 Å². The number of carbonyl (C=O) groups is 3. The molecule has 3 atom stereocenters. The summed E-state index contributed by atoms with van der Waals surface area (Å²) in [6.07, 6.45) is 1.85. The predicted octanol–water partition coefficient (Wildman–Crippen LogP) is 0.535. The van der Waals surface area contributed by atoms with Crippen LogP contribution in [0.4, 0.5) is 0 Å². The number of amides is 3. The Kier molecular flexibility index (Phi) is 4.97. The Morgan fingerprint density at radius 2 is 2.07 bits per heavy atom. The minimum absolute atomic E-state index is 0.121. The minimum Gasteiger partial charge on any atom is -0.322 e. The van der Waals surface area contributed by atoms with Gasteiger partial charge in [-0.05, 0) is 42.5 Å². The average molecular weight is 370 g/mol. The standard InChI is InChI=1S/C20H26N4O3/c1-12-6-7-21-10-16(12)22-9-13-2-3-15-14(8-13)11-24(20(15)27)17-4-5-18(25)23-19(17)26/h2-3,8,12,16-17,21-22H,4-7,9-11H2,1H3,(H,23,25,26). The first-order valence-electron chi connectivity index (χ1n) is 9.73. The maximum atomic E-state index is 12.7. The summed E-state index contributed by atoms with van der Waals surface area (Å²) in [6.45, 7) is 5.52. The van der Waals surface area contributed by atoms with Crippen molar-refractivity contribution in [1.82, 2.24) is 20.9 Å². The molecule has 0 aliphatic carbocycles. The summed E-state index contributed by atoms with van der Waals surface area (Å²) in [5.41, 5.74) is 2.76. The van der Waals surface area contributed by atoms with Crippen LogP contribution in [0, 0.1) is 5.92 Å². The van der Waals surface area contributed by atoms with Crippen LogP contribution in [0.25, 0.3) is 0 Å². The quantitative estimate of drug-likeness (QED) is 0.673. The Bertz CT molecular complexity index is 778. The van der Waals surface area contributed by atoms with Crippen molar-refractivity contribution in [1.29, 1.82) is 0 Å². The maximum absolute atomic E-state index is 12.7. The van der Waals surface area contributed by atoms with E-state index >= 15 is 0 Å². The molecule has 7 heteroatoms. The number of hydrogen-bond acceptors (Lipinski definition) is 5. The normalized spacial score (nSPS) is 28.3. The van der Waals surface area contributed by atoms with Crippen LogP contribution < -0.4 is 16.0 Å². The first-order valence-corrected chi connectivity index (χ1v) is 9.73. The number of hydrogen-bond donors (Lipinski definition) is 3. The smallest absolute Gasteiger partial charge is 0.255 e. The van der Waals surface area contributed by atoms with E-state index in [0.717, 1.165) is 30.8 Å². The summed E-state index contributed by atoms with van der Waals surface area (Å²) >= 11 is 0. The molecule has 3 aliphatic rings. The van der Waals surface area contributed by atoms with Gasteiger partial charge in [0, 0.05) is 37.7 Å². The lowest BCUT2D eigenvalue weighted by atomic mass is 9.94. The highest BCUT2D eigenvalue weighted by atomic mass is 16.2. The molecule has 0 aromatic heterocycles. The van der Waals surface area contributed by atoms with Gasteiger partial charge in [0.15, 0.2) is 0 Å². The van der Waals surface area contributed by atoms with E-state index in [1.165, 1.54) is 6.42 Å². The van der Waals surface area contributed by atoms with Gasteiger partial charge < -0.3 is 15.5 Å². The number of nitrogens with one attached hydrogen (secondary N) is 3. The van der Waals surface area contributed by atoms with Crippen LogP contribution >= 0.6 is 0 Å². The number of imide groups is 1. The van der Waals surface area contributed by atoms with Crippen molar-refractivity contribution in [2.24, 2.45) is 5.92 Å². The molecule has 0 bridgehead atoms. The summed E-state index contributed by atoms with van der Waals surface area (Å²) in [5, 5.41) is 9.37. The van der Waals surface area contributed by atoms with Crippen molar-refractivity contribution in [2.75, 3.05) is 13.1 Å². The fourth-order valence-electron chi connectivity index (χ4n) is 4.25. The summed E-state index contributed by atoms with van der Waals surface area (Å²) in [5.74, 6) is -0.109. The molecule has 3 aliphatic heterocycles. The SMILES string of the molecule is CC1CCNCC1NCc1ccc2c(c1)CN(C1CCC(=O)NC1=O)C2=O. The molecule has 0 saturated carbocycles. The zero-order valence-corrected chi connectivity index (χ0v) is 15.6. The van der Waals surface area contributed by atoms with Gasteiger partial charge in [0.2, 0.25) is 11.8 Å². The number of fused-ring (bicyclic) bond motifs is 1. The van der Waals surface area contributed by atoms with E-state index in [4.69, 9.17) is 0 Å². The van der Waals surface area contributed by atoms with Crippen LogP contribution in [0.15, 0.2) is 18.2 Å². The van der Waals surface area contributed by atoms with Gasteiger partial charge in [-0.2, -0.15) is 0 Å². The van der Waals surface area contributed by atoms with Crippen molar-refractivity contribution in [3.8, 4) is 0 Å². The fraction of sp³-hybridized carbons (Fsp3) is 0.550. The highest BCUT2D eigenvalue weighted by Gasteiger charge is 2.39. The number of rotatable bonds is 4. The van der Waals surface area contributed by atoms with E-state index in [2.05, 4.69) is 28.9 Å². The van der Waals surface area contributed by atoms with Crippen molar-refractivity contribution >= 4 is 17.7 Å². The Morgan fingerprint density at radius 3 is 2.85 bits per heavy atom. The van der Waals surface area contributed by atoms with Crippen LogP contribution in [0.1, 0.15) is 47.7 Å². The van der Waals surface area contributed by atoms with Crippen LogP contribution in [0.3, 0.4) is 0 Å². The summed E-state index contributed by atoms with van der Waals surface area (Å²) < 4.78 is 0. The number of benzene rings is 1. The summed E-state index contributed by atoms with van der Waals surface area (Å²) in [7, 11) is 0. The highest BCUT2D eigenvalue weighted by Crippen LogP contribution is 2.28. The maximum Gasteiger partial charge on any atom is 0.255 e. The molecule has 4 rings (SSSR count). The van der Waals surface area contributed by atoms with Crippen LogP contribution in [0.5, 0.6) is 0 Å². The molecule has 3 amide bonds. The largest absolute Gasteiger partial charge is 0.322 e. The first kappa shape index (κ1) is 18.1. The van der Waals surface area contributed by atoms with Crippen molar-refractivity contribution in [2.45, 2.75) is 51.4 Å². The van der Waals surface area contributed by atoms with E-state index < -0.39 is 6.04 Å². The molecule has 3 unspecified atom stereocenters. The van der Waals surface area contributed by atoms with Crippen LogP contribution in [-0.2, 0) is 22.7 Å². The lowest BCUT2D eigenvalue weighted by Crippen LogP contribution is -2.52. The van der Waals surface area contributed by atoms with Crippen LogP contribution in [0.2, 0.25) is 0 Å². The van der Waals surface area contributed by atoms with Gasteiger partial charge in [-0.15, -0.1) is 0 Å². The summed E-state index contributed by atoms with van der Waals surface area (Å²) in [6, 6.07) is 5.81. The van der Waals surface area contributed by atoms with Gasteiger partial charge >= 0.3 is 0 Å². The topological polar surface area (TPSA) is 90.5 Å². The molecule has 144 valence electrons. The van der Waals surface area contributed by atoms with Crippen molar-refractivity contribution < 1.29 is 14.4 Å². The molecular weight excluding hydrogens is 344 g/mol. The number of piperidine rings is 2. The Morgan fingerprint density at radius 1 is 1.22 bits per heavy atom. The van der Waals surface area contributed by atoms with E-state index in [1.807, 2.05) is 12.1 Å². The van der Waals surface area contributed by atoms with Gasteiger partial charge in [0.1, 0.15) is 6.04 Å². The zero-order valence-electron chi connectivity index (χ0n) is 15.6. The van der Waals surface area contributed by atoms with Gasteiger partial charge in [0.05, 0.1) is 0 Å². The zero-order chi connectivity index (χ0) is 19.0. The molecule has 0 radical (unpaired) electrons. The third-order valence-corrected chi connectivity index (χ3v) is 5.98. The summed E-state index contributed by atoms with van der Waals surface area (Å²) in [4.78, 5) is 37.8. The minimum atomic E-state index is -0.557. The number of nitrogens with zero attached hydrogens (tertiary/aromatic N) is 1. The molecule has 2 saturated heterocycles. The van der Waals surface area contributed by atoms with E-state index in [0.29, 0.717) is 30.5 Å². The van der Waals surface area contributed by atoms with Crippen molar-refractivity contribution in [3.05, 3.63) is 34.9 Å². The Labute approximate surface area is 158 Å². The van der Waals surface area contributed by atoms with Gasteiger partial charge in [-0.25, -0.2) is 0 Å². The predicted molar refractivity (Wildman–Crippen MR) is 99.8 cm³/mol. The average Bonchev–Trinajstić information content (AvgIpc) is 2.97. The van der Waals surface area contributed by atoms with E-state index in [1.54, 1.807) is 4.90 Å². The highest BCUT2D eigenvalue weighted by molar-refractivity contribution is 6.05. The molecule has 1 aromatic carbocycles. The Balaban J connectivity index is 1.43. The second-order valence-electron chi connectivity index (χ2n) is 7.85. The third-order valence-electron chi connectivity index (χ3n) is 5.98. The molecule has 1 aromatic rings. The fourth-order valence-corrected chi connectivity index (χ4v) is 4.25. The van der Waals surface area contributed by atoms with E-state index in [-0.39, 0.29) is 24.1 Å². The molecule has 27 heavy (non-hydrogen) atoms. The second kappa shape index (κ2) is 7.40. The number of carbonyl (C=O) groups excluding carboxylic acids is 3. The van der Waals surface area contributed by atoms with Gasteiger partial charge in [0.25, 0.3) is 5.91 Å². The Hall–Kier alpha value is -2.25. The molecule has 3 heterocycles. The monoisotopic (exact) mass is 370 g/mol.